The van der Waals surface area contributed by atoms with Gasteiger partial charge in [0.2, 0.25) is 0 Å². The minimum Gasteiger partial charge on any atom is -0.324 e. The van der Waals surface area contributed by atoms with E-state index in [2.05, 4.69) is 16.9 Å². The first kappa shape index (κ1) is 18.0. The van der Waals surface area contributed by atoms with E-state index in [1.54, 1.807) is 10.9 Å². The van der Waals surface area contributed by atoms with Crippen molar-refractivity contribution < 1.29 is 4.79 Å². The largest absolute Gasteiger partial charge is 0.324 e. The summed E-state index contributed by atoms with van der Waals surface area (Å²) in [5, 5.41) is 4.14. The quantitative estimate of drug-likeness (QED) is 0.705. The number of carbonyl (C=O) groups is 1. The van der Waals surface area contributed by atoms with Crippen LogP contribution in [0.15, 0.2) is 66.5 Å². The van der Waals surface area contributed by atoms with Gasteiger partial charge in [-0.3, -0.25) is 9.48 Å². The first-order chi connectivity index (χ1) is 13.5. The Hall–Kier alpha value is -3.42. The molecule has 2 atom stereocenters. The average Bonchev–Trinajstić information content (AvgIpc) is 3.11. The summed E-state index contributed by atoms with van der Waals surface area (Å²) in [6.45, 7) is 1.92. The van der Waals surface area contributed by atoms with Gasteiger partial charge in [-0.25, -0.2) is 0 Å². The molecular weight excluding hydrogens is 346 g/mol. The van der Waals surface area contributed by atoms with Gasteiger partial charge in [0, 0.05) is 30.4 Å². The number of aromatic nitrogens is 2. The fourth-order valence-electron chi connectivity index (χ4n) is 3.64. The zero-order valence-electron chi connectivity index (χ0n) is 15.9. The molecular formula is C24H21N3O. The van der Waals surface area contributed by atoms with Crippen molar-refractivity contribution in [2.24, 2.45) is 12.8 Å². The molecule has 138 valence electrons. The number of nitrogens with two attached hydrogens (primary N) is 1. The predicted molar refractivity (Wildman–Crippen MR) is 111 cm³/mol. The van der Waals surface area contributed by atoms with Crippen molar-refractivity contribution in [2.75, 3.05) is 0 Å². The van der Waals surface area contributed by atoms with Crippen molar-refractivity contribution in [3.63, 3.8) is 0 Å². The molecule has 28 heavy (non-hydrogen) atoms. The fraction of sp³-hybridized carbons (Fsp3) is 0.167. The van der Waals surface area contributed by atoms with E-state index in [1.807, 2.05) is 74.8 Å². The van der Waals surface area contributed by atoms with Crippen LogP contribution in [0.2, 0.25) is 0 Å². The van der Waals surface area contributed by atoms with E-state index < -0.39 is 0 Å². The number of benzene rings is 2. The van der Waals surface area contributed by atoms with Crippen LogP contribution in [0.5, 0.6) is 0 Å². The molecule has 0 bridgehead atoms. The molecule has 0 fully saturated rings. The first-order valence-corrected chi connectivity index (χ1v) is 9.24. The van der Waals surface area contributed by atoms with Crippen LogP contribution in [0.3, 0.4) is 0 Å². The van der Waals surface area contributed by atoms with E-state index in [4.69, 9.17) is 5.73 Å². The third kappa shape index (κ3) is 3.28. The molecule has 4 heteroatoms. The van der Waals surface area contributed by atoms with Crippen LogP contribution < -0.4 is 5.73 Å². The third-order valence-corrected chi connectivity index (χ3v) is 4.97. The van der Waals surface area contributed by atoms with Gasteiger partial charge in [0.05, 0.1) is 17.7 Å². The number of hydrogen-bond donors (Lipinski definition) is 1. The van der Waals surface area contributed by atoms with E-state index >= 15 is 0 Å². The molecule has 1 aliphatic carbocycles. The molecule has 0 saturated heterocycles. The second-order valence-corrected chi connectivity index (χ2v) is 7.06. The number of aryl methyl sites for hydroxylation is 1. The van der Waals surface area contributed by atoms with Gasteiger partial charge in [-0.05, 0) is 29.7 Å². The zero-order valence-corrected chi connectivity index (χ0v) is 15.9. The lowest BCUT2D eigenvalue weighted by molar-refractivity contribution is 0.0968. The number of hydrogen-bond acceptors (Lipinski definition) is 3. The lowest BCUT2D eigenvalue weighted by Gasteiger charge is -2.28. The lowest BCUT2D eigenvalue weighted by Crippen LogP contribution is -2.30. The molecule has 1 heterocycles. The summed E-state index contributed by atoms with van der Waals surface area (Å²) in [6, 6.07) is 15.4. The summed E-state index contributed by atoms with van der Waals surface area (Å²) >= 11 is 0. The molecule has 0 aliphatic heterocycles. The Morgan fingerprint density at radius 3 is 2.57 bits per heavy atom. The molecule has 2 N–H and O–H groups in total. The van der Waals surface area contributed by atoms with Gasteiger partial charge < -0.3 is 5.73 Å². The van der Waals surface area contributed by atoms with Crippen LogP contribution in [-0.4, -0.2) is 21.6 Å². The van der Waals surface area contributed by atoms with Crippen LogP contribution in [0.4, 0.5) is 0 Å². The topological polar surface area (TPSA) is 60.9 Å². The molecule has 0 radical (unpaired) electrons. The molecule has 1 aromatic heterocycles. The van der Waals surface area contributed by atoms with E-state index in [0.717, 1.165) is 27.8 Å². The highest BCUT2D eigenvalue weighted by Crippen LogP contribution is 2.38. The maximum Gasteiger partial charge on any atom is 0.176 e. The Bertz CT molecular complexity index is 1130. The zero-order chi connectivity index (χ0) is 19.7. The Kier molecular flexibility index (Phi) is 4.68. The molecule has 0 saturated carbocycles. The van der Waals surface area contributed by atoms with Crippen molar-refractivity contribution in [1.29, 1.82) is 0 Å². The predicted octanol–water partition coefficient (Wildman–Crippen LogP) is 3.53. The normalized spacial score (nSPS) is 16.6. The smallest absolute Gasteiger partial charge is 0.176 e. The lowest BCUT2D eigenvalue weighted by atomic mass is 9.75. The number of carbonyl (C=O) groups excluding carboxylic acids is 1. The van der Waals surface area contributed by atoms with Crippen LogP contribution in [0.1, 0.15) is 45.5 Å². The van der Waals surface area contributed by atoms with E-state index in [0.29, 0.717) is 5.56 Å². The summed E-state index contributed by atoms with van der Waals surface area (Å²) in [6.07, 6.45) is 5.62. The van der Waals surface area contributed by atoms with Gasteiger partial charge in [0.1, 0.15) is 0 Å². The van der Waals surface area contributed by atoms with Crippen LogP contribution in [-0.2, 0) is 7.05 Å². The van der Waals surface area contributed by atoms with Crippen LogP contribution in [0, 0.1) is 11.8 Å². The number of fused-ring (bicyclic) bond motifs is 1. The summed E-state index contributed by atoms with van der Waals surface area (Å²) in [7, 11) is 1.85. The summed E-state index contributed by atoms with van der Waals surface area (Å²) in [5.74, 6) is 5.94. The maximum atomic E-state index is 13.6. The van der Waals surface area contributed by atoms with Crippen LogP contribution in [0.25, 0.3) is 6.08 Å². The van der Waals surface area contributed by atoms with Crippen molar-refractivity contribution in [3.05, 3.63) is 94.3 Å². The first-order valence-electron chi connectivity index (χ1n) is 9.24. The van der Waals surface area contributed by atoms with Gasteiger partial charge >= 0.3 is 0 Å². The second-order valence-electron chi connectivity index (χ2n) is 7.06. The number of Topliss-reactive ketones (excluding diaryl/α,β-unsaturated/α-hetero) is 1. The molecule has 4 nitrogen and oxygen atoms in total. The van der Waals surface area contributed by atoms with Gasteiger partial charge in [-0.2, -0.15) is 5.10 Å². The van der Waals surface area contributed by atoms with Crippen molar-refractivity contribution in [1.82, 2.24) is 9.78 Å². The van der Waals surface area contributed by atoms with Gasteiger partial charge in [-0.1, -0.05) is 60.4 Å². The Morgan fingerprint density at radius 1 is 1.11 bits per heavy atom. The number of ketones is 1. The van der Waals surface area contributed by atoms with Crippen molar-refractivity contribution in [3.8, 4) is 11.8 Å². The Morgan fingerprint density at radius 2 is 1.89 bits per heavy atom. The standard InChI is InChI=1S/C24H21N3O/c1-16(25)21-13-20-10-6-9-19(12-11-17-14-26-27(2)15-17)22(20)24(28)23(21)18-7-4-3-5-8-18/h3-10,13-16,23H,25H2,1-2H3/t16-,23?/m0/s1. The second kappa shape index (κ2) is 7.30. The van der Waals surface area contributed by atoms with Crippen LogP contribution >= 0.6 is 0 Å². The van der Waals surface area contributed by atoms with Crippen molar-refractivity contribution >= 4 is 11.9 Å². The fourth-order valence-corrected chi connectivity index (χ4v) is 3.64. The van der Waals surface area contributed by atoms with Gasteiger partial charge in [0.25, 0.3) is 0 Å². The summed E-state index contributed by atoms with van der Waals surface area (Å²) < 4.78 is 1.71. The Balaban J connectivity index is 1.85. The highest BCUT2D eigenvalue weighted by Gasteiger charge is 2.33. The molecule has 1 aliphatic rings. The van der Waals surface area contributed by atoms with E-state index in [-0.39, 0.29) is 17.7 Å². The summed E-state index contributed by atoms with van der Waals surface area (Å²) in [4.78, 5) is 13.6. The highest BCUT2D eigenvalue weighted by molar-refractivity contribution is 6.10. The molecule has 3 aromatic rings. The van der Waals surface area contributed by atoms with E-state index in [1.165, 1.54) is 0 Å². The molecule has 0 amide bonds. The van der Waals surface area contributed by atoms with E-state index in [9.17, 15) is 4.79 Å². The van der Waals surface area contributed by atoms with Gasteiger partial charge in [0.15, 0.2) is 5.78 Å². The van der Waals surface area contributed by atoms with Crippen molar-refractivity contribution in [2.45, 2.75) is 18.9 Å². The average molecular weight is 367 g/mol. The monoisotopic (exact) mass is 367 g/mol. The number of nitrogens with zero attached hydrogens (tertiary/aromatic N) is 2. The number of rotatable bonds is 2. The third-order valence-electron chi connectivity index (χ3n) is 4.97. The minimum absolute atomic E-state index is 0.0482. The highest BCUT2D eigenvalue weighted by atomic mass is 16.1. The van der Waals surface area contributed by atoms with Gasteiger partial charge in [-0.15, -0.1) is 0 Å². The molecule has 1 unspecified atom stereocenters. The molecule has 2 aromatic carbocycles. The molecule has 4 rings (SSSR count). The Labute approximate surface area is 164 Å². The maximum absolute atomic E-state index is 13.6. The SMILES string of the molecule is C[C@H](N)C1=Cc2cccc(C#Cc3cnn(C)c3)c2C(=O)C1c1ccccc1. The minimum atomic E-state index is -0.380. The molecule has 0 spiro atoms. The summed E-state index contributed by atoms with van der Waals surface area (Å²) in [5.41, 5.74) is 11.2.